The largest absolute Gasteiger partial charge is 0.478 e. The van der Waals surface area contributed by atoms with Crippen molar-refractivity contribution in [3.05, 3.63) is 29.3 Å². The Bertz CT molecular complexity index is 479. The molecule has 0 spiro atoms. The number of aromatic carboxylic acids is 1. The van der Waals surface area contributed by atoms with E-state index in [1.807, 2.05) is 0 Å². The molecule has 0 bridgehead atoms. The highest BCUT2D eigenvalue weighted by atomic mass is 19.1. The molecular weight excluding hydrogens is 244 g/mol. The van der Waals surface area contributed by atoms with Crippen LogP contribution in [0.1, 0.15) is 23.7 Å². The first-order chi connectivity index (χ1) is 8.30. The van der Waals surface area contributed by atoms with Gasteiger partial charge in [-0.3, -0.25) is 0 Å². The molecule has 0 saturated carbocycles. The Hall–Kier alpha value is -1.69. The van der Waals surface area contributed by atoms with E-state index in [2.05, 4.69) is 0 Å². The van der Waals surface area contributed by atoms with Gasteiger partial charge in [-0.2, -0.15) is 0 Å². The Kier molecular flexibility index (Phi) is 2.98. The average Bonchev–Trinajstić information content (AvgIpc) is 2.57. The van der Waals surface area contributed by atoms with Crippen LogP contribution in [0.15, 0.2) is 12.1 Å². The lowest BCUT2D eigenvalue weighted by Crippen LogP contribution is -2.30. The summed E-state index contributed by atoms with van der Waals surface area (Å²) >= 11 is 0. The summed E-state index contributed by atoms with van der Waals surface area (Å²) < 4.78 is 27.5. The number of halogens is 2. The summed E-state index contributed by atoms with van der Waals surface area (Å²) in [5.41, 5.74) is -1.69. The summed E-state index contributed by atoms with van der Waals surface area (Å²) in [7, 11) is 0. The molecule has 1 heterocycles. The number of rotatable bonds is 2. The molecule has 1 aliphatic rings. The number of nitrogens with zero attached hydrogens (tertiary/aromatic N) is 1. The molecule has 1 saturated heterocycles. The van der Waals surface area contributed by atoms with Crippen LogP contribution in [0.5, 0.6) is 0 Å². The van der Waals surface area contributed by atoms with E-state index in [1.54, 1.807) is 6.92 Å². The van der Waals surface area contributed by atoms with Crippen molar-refractivity contribution in [1.29, 1.82) is 0 Å². The first-order valence-corrected chi connectivity index (χ1v) is 5.50. The number of carbonyl (C=O) groups is 1. The van der Waals surface area contributed by atoms with Gasteiger partial charge in [-0.15, -0.1) is 0 Å². The van der Waals surface area contributed by atoms with Gasteiger partial charge < -0.3 is 15.1 Å². The fourth-order valence-electron chi connectivity index (χ4n) is 2.13. The van der Waals surface area contributed by atoms with Gasteiger partial charge in [0.1, 0.15) is 17.3 Å². The molecule has 2 rings (SSSR count). The molecule has 1 aliphatic heterocycles. The molecule has 6 heteroatoms. The number of anilines is 1. The Labute approximate surface area is 102 Å². The maximum absolute atomic E-state index is 13.7. The molecule has 0 aliphatic carbocycles. The van der Waals surface area contributed by atoms with Gasteiger partial charge in [0.25, 0.3) is 0 Å². The van der Waals surface area contributed by atoms with Crippen LogP contribution in [0, 0.1) is 11.6 Å². The first kappa shape index (κ1) is 12.8. The van der Waals surface area contributed by atoms with Crippen molar-refractivity contribution >= 4 is 11.7 Å². The Morgan fingerprint density at radius 2 is 1.94 bits per heavy atom. The molecule has 1 aromatic carbocycles. The highest BCUT2D eigenvalue weighted by Gasteiger charge is 2.34. The molecule has 98 valence electrons. The van der Waals surface area contributed by atoms with Gasteiger partial charge in [-0.25, -0.2) is 13.6 Å². The van der Waals surface area contributed by atoms with Gasteiger partial charge in [0.05, 0.1) is 11.2 Å². The second-order valence-corrected chi connectivity index (χ2v) is 4.76. The Balaban J connectivity index is 2.38. The number of β-amino-alcohol motifs (C(OH)–C–C–N with tert-alkyl or cyclic N) is 1. The minimum Gasteiger partial charge on any atom is -0.478 e. The molecule has 1 unspecified atom stereocenters. The summed E-state index contributed by atoms with van der Waals surface area (Å²) in [6, 6.07) is 1.57. The van der Waals surface area contributed by atoms with E-state index in [-0.39, 0.29) is 12.2 Å². The van der Waals surface area contributed by atoms with Crippen LogP contribution in [0.4, 0.5) is 14.5 Å². The molecule has 1 fully saturated rings. The number of carboxylic acids is 1. The number of aliphatic hydroxyl groups is 1. The molecular formula is C12H13F2NO3. The zero-order valence-electron chi connectivity index (χ0n) is 9.78. The smallest absolute Gasteiger partial charge is 0.335 e. The molecule has 2 N–H and O–H groups in total. The Morgan fingerprint density at radius 1 is 1.39 bits per heavy atom. The van der Waals surface area contributed by atoms with Crippen LogP contribution in [0.25, 0.3) is 0 Å². The summed E-state index contributed by atoms with van der Waals surface area (Å²) in [6.45, 7) is 2.04. The highest BCUT2D eigenvalue weighted by molar-refractivity contribution is 5.88. The lowest BCUT2D eigenvalue weighted by Gasteiger charge is -2.22. The zero-order chi connectivity index (χ0) is 13.5. The average molecular weight is 257 g/mol. The van der Waals surface area contributed by atoms with Crippen molar-refractivity contribution in [2.24, 2.45) is 0 Å². The maximum Gasteiger partial charge on any atom is 0.335 e. The fourth-order valence-corrected chi connectivity index (χ4v) is 2.13. The molecule has 18 heavy (non-hydrogen) atoms. The third kappa shape index (κ3) is 2.28. The number of carboxylic acid groups (broad SMARTS) is 1. The van der Waals surface area contributed by atoms with E-state index in [4.69, 9.17) is 5.11 Å². The number of hydrogen-bond donors (Lipinski definition) is 2. The van der Waals surface area contributed by atoms with Crippen molar-refractivity contribution in [2.45, 2.75) is 18.9 Å². The summed E-state index contributed by atoms with van der Waals surface area (Å²) in [4.78, 5) is 12.0. The maximum atomic E-state index is 13.7. The minimum absolute atomic E-state index is 0.118. The van der Waals surface area contributed by atoms with Crippen molar-refractivity contribution in [1.82, 2.24) is 0 Å². The van der Waals surface area contributed by atoms with E-state index < -0.39 is 28.8 Å². The van der Waals surface area contributed by atoms with E-state index in [9.17, 15) is 18.7 Å². The van der Waals surface area contributed by atoms with Crippen LogP contribution in [-0.2, 0) is 0 Å². The number of hydrogen-bond acceptors (Lipinski definition) is 3. The van der Waals surface area contributed by atoms with Crippen molar-refractivity contribution in [3.63, 3.8) is 0 Å². The SMILES string of the molecule is CC1(O)CCN(c2c(F)cc(C(=O)O)cc2F)C1. The molecule has 1 atom stereocenters. The molecule has 0 amide bonds. The lowest BCUT2D eigenvalue weighted by molar-refractivity contribution is 0.0695. The quantitative estimate of drug-likeness (QED) is 0.845. The van der Waals surface area contributed by atoms with Gasteiger partial charge in [0, 0.05) is 13.1 Å². The monoisotopic (exact) mass is 257 g/mol. The van der Waals surface area contributed by atoms with Crippen molar-refractivity contribution in [3.8, 4) is 0 Å². The summed E-state index contributed by atoms with van der Waals surface area (Å²) in [5, 5.41) is 18.5. The highest BCUT2D eigenvalue weighted by Crippen LogP contribution is 2.31. The van der Waals surface area contributed by atoms with Crippen molar-refractivity contribution < 1.29 is 23.8 Å². The third-order valence-corrected chi connectivity index (χ3v) is 3.03. The minimum atomic E-state index is -1.38. The third-order valence-electron chi connectivity index (χ3n) is 3.03. The predicted octanol–water partition coefficient (Wildman–Crippen LogP) is 1.62. The number of benzene rings is 1. The molecule has 1 aromatic rings. The van der Waals surface area contributed by atoms with Crippen LogP contribution >= 0.6 is 0 Å². The van der Waals surface area contributed by atoms with Crippen molar-refractivity contribution in [2.75, 3.05) is 18.0 Å². The van der Waals surface area contributed by atoms with E-state index in [0.29, 0.717) is 13.0 Å². The van der Waals surface area contributed by atoms with Crippen LogP contribution in [0.2, 0.25) is 0 Å². The Morgan fingerprint density at radius 3 is 2.33 bits per heavy atom. The predicted molar refractivity (Wildman–Crippen MR) is 60.8 cm³/mol. The van der Waals surface area contributed by atoms with E-state index in [0.717, 1.165) is 12.1 Å². The van der Waals surface area contributed by atoms with Gasteiger partial charge in [0.15, 0.2) is 0 Å². The second kappa shape index (κ2) is 4.20. The first-order valence-electron chi connectivity index (χ1n) is 5.50. The van der Waals surface area contributed by atoms with Crippen LogP contribution in [-0.4, -0.2) is 34.9 Å². The fraction of sp³-hybridized carbons (Fsp3) is 0.417. The summed E-state index contributed by atoms with van der Waals surface area (Å²) in [6.07, 6.45) is 0.409. The normalized spacial score (nSPS) is 23.4. The standard InChI is InChI=1S/C12H13F2NO3/c1-12(18)2-3-15(6-12)10-8(13)4-7(11(16)17)5-9(10)14/h4-5,18H,2-3,6H2,1H3,(H,16,17). The lowest BCUT2D eigenvalue weighted by atomic mass is 10.1. The van der Waals surface area contributed by atoms with E-state index >= 15 is 0 Å². The van der Waals surface area contributed by atoms with E-state index in [1.165, 1.54) is 4.90 Å². The summed E-state index contributed by atoms with van der Waals surface area (Å²) in [5.74, 6) is -3.23. The molecule has 0 aromatic heterocycles. The van der Waals surface area contributed by atoms with Gasteiger partial charge in [-0.1, -0.05) is 0 Å². The van der Waals surface area contributed by atoms with Gasteiger partial charge >= 0.3 is 5.97 Å². The second-order valence-electron chi connectivity index (χ2n) is 4.76. The molecule has 4 nitrogen and oxygen atoms in total. The topological polar surface area (TPSA) is 60.8 Å². The van der Waals surface area contributed by atoms with Crippen LogP contribution < -0.4 is 4.90 Å². The zero-order valence-corrected chi connectivity index (χ0v) is 9.78. The molecule has 0 radical (unpaired) electrons. The van der Waals surface area contributed by atoms with Crippen LogP contribution in [0.3, 0.4) is 0 Å². The van der Waals surface area contributed by atoms with Gasteiger partial charge in [-0.05, 0) is 25.5 Å². The van der Waals surface area contributed by atoms with Gasteiger partial charge in [0.2, 0.25) is 0 Å².